The monoisotopic (exact) mass is 382 g/mol. The molecule has 3 aromatic rings. The van der Waals surface area contributed by atoms with Crippen molar-refractivity contribution in [2.24, 2.45) is 4.99 Å². The van der Waals surface area contributed by atoms with Gasteiger partial charge in [0.05, 0.1) is 16.7 Å². The Kier molecular flexibility index (Phi) is 6.68. The van der Waals surface area contributed by atoms with Gasteiger partial charge in [0.15, 0.2) is 5.96 Å². The van der Waals surface area contributed by atoms with Gasteiger partial charge in [-0.3, -0.25) is 4.99 Å². The molecule has 7 heteroatoms. The topological polar surface area (TPSA) is 80.3 Å². The van der Waals surface area contributed by atoms with E-state index in [4.69, 9.17) is 4.52 Å². The lowest BCUT2D eigenvalue weighted by molar-refractivity contribution is 0.380. The molecule has 0 radical (unpaired) electrons. The quantitative estimate of drug-likeness (QED) is 0.355. The highest BCUT2D eigenvalue weighted by molar-refractivity contribution is 5.79. The van der Waals surface area contributed by atoms with E-state index in [0.717, 1.165) is 66.7 Å². The molecule has 1 aromatic carbocycles. The fourth-order valence-corrected chi connectivity index (χ4v) is 3.45. The maximum Gasteiger partial charge on any atom is 0.191 e. The van der Waals surface area contributed by atoms with Gasteiger partial charge in [-0.2, -0.15) is 0 Å². The summed E-state index contributed by atoms with van der Waals surface area (Å²) in [4.78, 5) is 8.95. The second-order valence-electron chi connectivity index (χ2n) is 6.74. The molecule has 0 fully saturated rings. The van der Waals surface area contributed by atoms with E-state index in [0.29, 0.717) is 6.54 Å². The molecule has 2 N–H and O–H groups in total. The van der Waals surface area contributed by atoms with Crippen LogP contribution < -0.4 is 10.6 Å². The van der Waals surface area contributed by atoms with E-state index in [1.165, 1.54) is 5.52 Å². The van der Waals surface area contributed by atoms with Gasteiger partial charge in [-0.1, -0.05) is 31.1 Å². The van der Waals surface area contributed by atoms with Gasteiger partial charge in [-0.15, -0.1) is 0 Å². The summed E-state index contributed by atoms with van der Waals surface area (Å²) in [5, 5.41) is 10.9. The highest BCUT2D eigenvalue weighted by Gasteiger charge is 2.13. The number of imidazole rings is 1. The number of hydrogen-bond acceptors (Lipinski definition) is 4. The molecule has 0 atom stereocenters. The Hall–Kier alpha value is -2.83. The highest BCUT2D eigenvalue weighted by Crippen LogP contribution is 2.16. The Bertz CT molecular complexity index is 918. The van der Waals surface area contributed by atoms with Gasteiger partial charge in [-0.05, 0) is 31.9 Å². The van der Waals surface area contributed by atoms with Gasteiger partial charge in [0.25, 0.3) is 0 Å². The Morgan fingerprint density at radius 3 is 2.75 bits per heavy atom. The molecule has 7 nitrogen and oxygen atoms in total. The number of benzene rings is 1. The van der Waals surface area contributed by atoms with Crippen LogP contribution in [0.25, 0.3) is 11.0 Å². The van der Waals surface area contributed by atoms with Crippen LogP contribution in [0.4, 0.5) is 0 Å². The van der Waals surface area contributed by atoms with Crippen LogP contribution in [0.5, 0.6) is 0 Å². The van der Waals surface area contributed by atoms with Crippen molar-refractivity contribution in [1.82, 2.24) is 25.3 Å². The summed E-state index contributed by atoms with van der Waals surface area (Å²) in [5.41, 5.74) is 4.41. The van der Waals surface area contributed by atoms with E-state index < -0.39 is 0 Å². The first kappa shape index (κ1) is 19.9. The standard InChI is InChI=1S/C21H30N6O/c1-5-17-16(20(6-2)28-26-17)14-24-21(22-4)23-12-9-13-27-15(3)25-18-10-7-8-11-19(18)27/h7-8,10-11H,5-6,9,12-14H2,1-4H3,(H2,22,23,24). The molecular weight excluding hydrogens is 352 g/mol. The van der Waals surface area contributed by atoms with Crippen LogP contribution in [0.1, 0.15) is 43.1 Å². The molecule has 3 rings (SSSR count). The zero-order valence-electron chi connectivity index (χ0n) is 17.2. The zero-order chi connectivity index (χ0) is 19.9. The van der Waals surface area contributed by atoms with Crippen molar-refractivity contribution < 1.29 is 4.52 Å². The number of para-hydroxylation sites is 2. The van der Waals surface area contributed by atoms with Crippen LogP contribution >= 0.6 is 0 Å². The summed E-state index contributed by atoms with van der Waals surface area (Å²) in [7, 11) is 1.79. The zero-order valence-corrected chi connectivity index (χ0v) is 17.2. The van der Waals surface area contributed by atoms with E-state index in [1.807, 2.05) is 6.07 Å². The average Bonchev–Trinajstić information content (AvgIpc) is 3.27. The lowest BCUT2D eigenvalue weighted by Gasteiger charge is -2.13. The molecule has 0 aliphatic carbocycles. The van der Waals surface area contributed by atoms with Gasteiger partial charge in [0.1, 0.15) is 11.6 Å². The van der Waals surface area contributed by atoms with Crippen LogP contribution in [-0.4, -0.2) is 34.3 Å². The first-order chi connectivity index (χ1) is 13.7. The third-order valence-electron chi connectivity index (χ3n) is 4.96. The van der Waals surface area contributed by atoms with Gasteiger partial charge in [0, 0.05) is 38.7 Å². The minimum absolute atomic E-state index is 0.667. The molecule has 0 bridgehead atoms. The first-order valence-electron chi connectivity index (χ1n) is 10.0. The van der Waals surface area contributed by atoms with Crippen LogP contribution in [-0.2, 0) is 25.9 Å². The molecular formula is C21H30N6O. The van der Waals surface area contributed by atoms with E-state index in [-0.39, 0.29) is 0 Å². The van der Waals surface area contributed by atoms with Crippen LogP contribution in [0.15, 0.2) is 33.8 Å². The number of guanidine groups is 1. The van der Waals surface area contributed by atoms with Gasteiger partial charge >= 0.3 is 0 Å². The van der Waals surface area contributed by atoms with E-state index in [9.17, 15) is 0 Å². The summed E-state index contributed by atoms with van der Waals surface area (Å²) in [6.45, 7) is 8.65. The second kappa shape index (κ2) is 9.39. The largest absolute Gasteiger partial charge is 0.361 e. The molecule has 0 saturated heterocycles. The number of nitrogens with one attached hydrogen (secondary N) is 2. The van der Waals surface area contributed by atoms with Gasteiger partial charge in [0.2, 0.25) is 0 Å². The van der Waals surface area contributed by atoms with Crippen molar-refractivity contribution >= 4 is 17.0 Å². The van der Waals surface area contributed by atoms with E-state index in [1.54, 1.807) is 7.05 Å². The fourth-order valence-electron chi connectivity index (χ4n) is 3.45. The summed E-state index contributed by atoms with van der Waals surface area (Å²) in [6.07, 6.45) is 2.69. The summed E-state index contributed by atoms with van der Waals surface area (Å²) < 4.78 is 7.70. The van der Waals surface area contributed by atoms with E-state index >= 15 is 0 Å². The predicted octanol–water partition coefficient (Wildman–Crippen LogP) is 3.21. The average molecular weight is 383 g/mol. The number of nitrogens with zero attached hydrogens (tertiary/aromatic N) is 4. The van der Waals surface area contributed by atoms with Crippen molar-refractivity contribution in [2.75, 3.05) is 13.6 Å². The molecule has 0 aliphatic rings. The molecule has 150 valence electrons. The van der Waals surface area contributed by atoms with Crippen molar-refractivity contribution in [3.8, 4) is 0 Å². The smallest absolute Gasteiger partial charge is 0.191 e. The number of rotatable bonds is 8. The number of aryl methyl sites for hydroxylation is 4. The second-order valence-corrected chi connectivity index (χ2v) is 6.74. The SMILES string of the molecule is CCc1noc(CC)c1CNC(=NC)NCCCn1c(C)nc2ccccc21. The van der Waals surface area contributed by atoms with Crippen molar-refractivity contribution in [2.45, 2.75) is 53.1 Å². The molecule has 28 heavy (non-hydrogen) atoms. The maximum absolute atomic E-state index is 5.43. The molecule has 2 heterocycles. The van der Waals surface area contributed by atoms with Crippen molar-refractivity contribution in [1.29, 1.82) is 0 Å². The summed E-state index contributed by atoms with van der Waals surface area (Å²) in [5.74, 6) is 2.79. The van der Waals surface area contributed by atoms with Crippen LogP contribution in [0, 0.1) is 6.92 Å². The van der Waals surface area contributed by atoms with Crippen molar-refractivity contribution in [3.63, 3.8) is 0 Å². The van der Waals surface area contributed by atoms with Crippen LogP contribution in [0.3, 0.4) is 0 Å². The minimum Gasteiger partial charge on any atom is -0.361 e. The summed E-state index contributed by atoms with van der Waals surface area (Å²) in [6, 6.07) is 8.27. The van der Waals surface area contributed by atoms with E-state index in [2.05, 4.69) is 69.3 Å². The van der Waals surface area contributed by atoms with Crippen LogP contribution in [0.2, 0.25) is 0 Å². The number of aliphatic imine (C=N–C) groups is 1. The molecule has 2 aromatic heterocycles. The Balaban J connectivity index is 1.51. The first-order valence-corrected chi connectivity index (χ1v) is 10.0. The minimum atomic E-state index is 0.667. The lowest BCUT2D eigenvalue weighted by atomic mass is 10.1. The molecule has 0 spiro atoms. The maximum atomic E-state index is 5.43. The normalized spacial score (nSPS) is 11.9. The number of hydrogen-bond donors (Lipinski definition) is 2. The number of fused-ring (bicyclic) bond motifs is 1. The number of aromatic nitrogens is 3. The Labute approximate surface area is 166 Å². The predicted molar refractivity (Wildman–Crippen MR) is 113 cm³/mol. The molecule has 0 unspecified atom stereocenters. The van der Waals surface area contributed by atoms with Gasteiger partial charge < -0.3 is 19.7 Å². The third kappa shape index (κ3) is 4.35. The molecule has 0 saturated carbocycles. The molecule has 0 aliphatic heterocycles. The Morgan fingerprint density at radius 2 is 2.00 bits per heavy atom. The fraction of sp³-hybridized carbons (Fsp3) is 0.476. The Morgan fingerprint density at radius 1 is 1.18 bits per heavy atom. The third-order valence-corrected chi connectivity index (χ3v) is 4.96. The lowest BCUT2D eigenvalue weighted by Crippen LogP contribution is -2.37. The van der Waals surface area contributed by atoms with Gasteiger partial charge in [-0.25, -0.2) is 4.98 Å². The summed E-state index contributed by atoms with van der Waals surface area (Å²) >= 11 is 0. The van der Waals surface area contributed by atoms with Crippen molar-refractivity contribution in [3.05, 3.63) is 47.1 Å². The highest BCUT2D eigenvalue weighted by atomic mass is 16.5. The molecule has 0 amide bonds.